The predicted molar refractivity (Wildman–Crippen MR) is 40.9 cm³/mol. The summed E-state index contributed by atoms with van der Waals surface area (Å²) < 4.78 is 14.0. The van der Waals surface area contributed by atoms with Gasteiger partial charge in [-0.15, -0.1) is 0 Å². The van der Waals surface area contributed by atoms with Crippen LogP contribution in [0.1, 0.15) is 12.8 Å². The largest absolute Gasteiger partial charge is 0.396 e. The van der Waals surface area contributed by atoms with Crippen LogP contribution < -0.4 is 0 Å². The molecule has 3 nitrogen and oxygen atoms in total. The van der Waals surface area contributed by atoms with Crippen LogP contribution in [0.5, 0.6) is 0 Å². The maximum Gasteiger partial charge on any atom is 0.161 e. The number of rotatable bonds is 3. The second kappa shape index (κ2) is 2.55. The van der Waals surface area contributed by atoms with Crippen LogP contribution in [0.4, 0.5) is 4.39 Å². The molecule has 1 aliphatic carbocycles. The summed E-state index contributed by atoms with van der Waals surface area (Å²) in [6.45, 7) is 0.807. The fourth-order valence-corrected chi connectivity index (χ4v) is 1.31. The van der Waals surface area contributed by atoms with E-state index in [4.69, 9.17) is 5.11 Å². The Bertz CT molecular complexity index is 280. The van der Waals surface area contributed by atoms with Gasteiger partial charge in [0, 0.05) is 12.0 Å². The SMILES string of the molecule is OCC1(Cn2cc(F)cn2)CC1. The molecule has 1 aromatic rings. The van der Waals surface area contributed by atoms with Crippen molar-refractivity contribution in [3.63, 3.8) is 0 Å². The van der Waals surface area contributed by atoms with E-state index in [1.807, 2.05) is 0 Å². The van der Waals surface area contributed by atoms with E-state index < -0.39 is 0 Å². The highest BCUT2D eigenvalue weighted by atomic mass is 19.1. The molecule has 0 saturated heterocycles. The third-order valence-corrected chi connectivity index (χ3v) is 2.39. The molecule has 1 aromatic heterocycles. The smallest absolute Gasteiger partial charge is 0.161 e. The topological polar surface area (TPSA) is 38.0 Å². The third kappa shape index (κ3) is 1.34. The molecular weight excluding hydrogens is 159 g/mol. The van der Waals surface area contributed by atoms with Crippen LogP contribution >= 0.6 is 0 Å². The minimum Gasteiger partial charge on any atom is -0.396 e. The summed E-state index contributed by atoms with van der Waals surface area (Å²) in [4.78, 5) is 0. The maximum atomic E-state index is 12.5. The van der Waals surface area contributed by atoms with Gasteiger partial charge in [-0.2, -0.15) is 5.10 Å². The molecule has 0 radical (unpaired) electrons. The first-order chi connectivity index (χ1) is 5.74. The lowest BCUT2D eigenvalue weighted by Gasteiger charge is -2.10. The minimum absolute atomic E-state index is 0.00153. The lowest BCUT2D eigenvalue weighted by atomic mass is 10.1. The molecule has 0 aromatic carbocycles. The lowest BCUT2D eigenvalue weighted by molar-refractivity contribution is 0.190. The number of aliphatic hydroxyl groups is 1. The van der Waals surface area contributed by atoms with Gasteiger partial charge in [0.2, 0.25) is 0 Å². The van der Waals surface area contributed by atoms with Crippen molar-refractivity contribution >= 4 is 0 Å². The van der Waals surface area contributed by atoms with Gasteiger partial charge in [0.25, 0.3) is 0 Å². The second-order valence-corrected chi connectivity index (χ2v) is 3.51. The Labute approximate surface area is 69.8 Å². The van der Waals surface area contributed by atoms with E-state index in [2.05, 4.69) is 5.10 Å². The van der Waals surface area contributed by atoms with Gasteiger partial charge >= 0.3 is 0 Å². The molecule has 0 aliphatic heterocycles. The van der Waals surface area contributed by atoms with E-state index >= 15 is 0 Å². The average molecular weight is 170 g/mol. The predicted octanol–water partition coefficient (Wildman–Crippen LogP) is 0.795. The first-order valence-electron chi connectivity index (χ1n) is 4.03. The molecule has 0 atom stereocenters. The fourth-order valence-electron chi connectivity index (χ4n) is 1.31. The Morgan fingerprint density at radius 1 is 1.67 bits per heavy atom. The summed E-state index contributed by atoms with van der Waals surface area (Å²) in [6, 6.07) is 0. The summed E-state index contributed by atoms with van der Waals surface area (Å²) in [5.41, 5.74) is -0.00153. The summed E-state index contributed by atoms with van der Waals surface area (Å²) in [5, 5.41) is 12.8. The van der Waals surface area contributed by atoms with Crippen LogP contribution in [0.2, 0.25) is 0 Å². The van der Waals surface area contributed by atoms with Crippen molar-refractivity contribution in [2.24, 2.45) is 5.41 Å². The molecule has 1 saturated carbocycles. The molecule has 1 fully saturated rings. The number of halogens is 1. The molecule has 0 spiro atoms. The van der Waals surface area contributed by atoms with Crippen molar-refractivity contribution in [1.82, 2.24) is 9.78 Å². The second-order valence-electron chi connectivity index (χ2n) is 3.51. The molecular formula is C8H11FN2O. The van der Waals surface area contributed by atoms with Crippen LogP contribution in [0.3, 0.4) is 0 Å². The quantitative estimate of drug-likeness (QED) is 0.728. The van der Waals surface area contributed by atoms with E-state index in [1.165, 1.54) is 12.4 Å². The van der Waals surface area contributed by atoms with Crippen LogP contribution in [0.15, 0.2) is 12.4 Å². The highest BCUT2D eigenvalue weighted by Crippen LogP contribution is 2.46. The number of hydrogen-bond donors (Lipinski definition) is 1. The summed E-state index contributed by atoms with van der Waals surface area (Å²) >= 11 is 0. The fraction of sp³-hybridized carbons (Fsp3) is 0.625. The first-order valence-corrected chi connectivity index (χ1v) is 4.03. The van der Waals surface area contributed by atoms with Gasteiger partial charge in [-0.3, -0.25) is 4.68 Å². The number of aromatic nitrogens is 2. The van der Waals surface area contributed by atoms with Crippen LogP contribution in [-0.2, 0) is 6.54 Å². The molecule has 0 amide bonds. The molecule has 12 heavy (non-hydrogen) atoms. The summed E-state index contributed by atoms with van der Waals surface area (Å²) in [6.07, 6.45) is 4.58. The van der Waals surface area contributed by atoms with Crippen molar-refractivity contribution in [3.05, 3.63) is 18.2 Å². The van der Waals surface area contributed by atoms with Crippen molar-refractivity contribution in [1.29, 1.82) is 0 Å². The molecule has 0 bridgehead atoms. The van der Waals surface area contributed by atoms with Crippen molar-refractivity contribution in [3.8, 4) is 0 Å². The summed E-state index contributed by atoms with van der Waals surface area (Å²) in [5.74, 6) is -0.316. The molecule has 66 valence electrons. The van der Waals surface area contributed by atoms with E-state index in [0.29, 0.717) is 6.54 Å². The Morgan fingerprint density at radius 2 is 2.42 bits per heavy atom. The Kier molecular flexibility index (Phi) is 1.65. The van der Waals surface area contributed by atoms with Crippen molar-refractivity contribution in [2.45, 2.75) is 19.4 Å². The highest BCUT2D eigenvalue weighted by molar-refractivity contribution is 4.94. The molecule has 4 heteroatoms. The van der Waals surface area contributed by atoms with E-state index in [9.17, 15) is 4.39 Å². The zero-order valence-electron chi connectivity index (χ0n) is 6.70. The van der Waals surface area contributed by atoms with E-state index in [-0.39, 0.29) is 17.8 Å². The minimum atomic E-state index is -0.316. The van der Waals surface area contributed by atoms with Gasteiger partial charge in [-0.05, 0) is 12.8 Å². The molecule has 1 N–H and O–H groups in total. The lowest BCUT2D eigenvalue weighted by Crippen LogP contribution is -2.15. The third-order valence-electron chi connectivity index (χ3n) is 2.39. The van der Waals surface area contributed by atoms with Crippen molar-refractivity contribution < 1.29 is 9.50 Å². The standard InChI is InChI=1S/C8H11FN2O/c9-7-3-10-11(4-7)5-8(6-12)1-2-8/h3-4,12H,1-2,5-6H2. The Balaban J connectivity index is 2.04. The van der Waals surface area contributed by atoms with Crippen LogP contribution in [0, 0.1) is 11.2 Å². The van der Waals surface area contributed by atoms with Crippen molar-refractivity contribution in [2.75, 3.05) is 6.61 Å². The maximum absolute atomic E-state index is 12.5. The number of aliphatic hydroxyl groups excluding tert-OH is 1. The number of hydrogen-bond acceptors (Lipinski definition) is 2. The van der Waals surface area contributed by atoms with Crippen LogP contribution in [0.25, 0.3) is 0 Å². The van der Waals surface area contributed by atoms with Gasteiger partial charge in [-0.1, -0.05) is 0 Å². The Hall–Kier alpha value is -0.900. The van der Waals surface area contributed by atoms with Gasteiger partial charge < -0.3 is 5.11 Å². The monoisotopic (exact) mass is 170 g/mol. The molecule has 1 aliphatic rings. The number of nitrogens with zero attached hydrogens (tertiary/aromatic N) is 2. The van der Waals surface area contributed by atoms with Gasteiger partial charge in [0.05, 0.1) is 19.0 Å². The zero-order valence-corrected chi connectivity index (χ0v) is 6.70. The highest BCUT2D eigenvalue weighted by Gasteiger charge is 2.42. The molecule has 2 rings (SSSR count). The Morgan fingerprint density at radius 3 is 2.83 bits per heavy atom. The van der Waals surface area contributed by atoms with Gasteiger partial charge in [0.15, 0.2) is 5.82 Å². The van der Waals surface area contributed by atoms with E-state index in [0.717, 1.165) is 12.8 Å². The van der Waals surface area contributed by atoms with Crippen LogP contribution in [-0.4, -0.2) is 21.5 Å². The summed E-state index contributed by atoms with van der Waals surface area (Å²) in [7, 11) is 0. The van der Waals surface area contributed by atoms with Gasteiger partial charge in [0.1, 0.15) is 0 Å². The van der Waals surface area contributed by atoms with Gasteiger partial charge in [-0.25, -0.2) is 4.39 Å². The normalized spacial score (nSPS) is 19.5. The first kappa shape index (κ1) is 7.73. The van der Waals surface area contributed by atoms with E-state index in [1.54, 1.807) is 4.68 Å². The average Bonchev–Trinajstić information content (AvgIpc) is 2.71. The molecule has 1 heterocycles. The molecule has 0 unspecified atom stereocenters. The zero-order chi connectivity index (χ0) is 8.60.